The van der Waals surface area contributed by atoms with Crippen LogP contribution in [0.25, 0.3) is 0 Å². The van der Waals surface area contributed by atoms with Gasteiger partial charge in [-0.15, -0.1) is 13.0 Å². The lowest BCUT2D eigenvalue weighted by Gasteiger charge is -2.46. The van der Waals surface area contributed by atoms with E-state index in [1.165, 1.54) is 25.2 Å². The number of fused-ring (bicyclic) bond motifs is 1. The molecule has 7 nitrogen and oxygen atoms in total. The number of ether oxygens (including phenoxy) is 2. The lowest BCUT2D eigenvalue weighted by atomic mass is 9.53. The number of amides is 2. The minimum absolute atomic E-state index is 0.0275. The molecule has 0 saturated heterocycles. The van der Waals surface area contributed by atoms with E-state index in [2.05, 4.69) is 12.3 Å². The molecule has 3 rings (SSSR count). The molecule has 2 amide bonds. The van der Waals surface area contributed by atoms with Gasteiger partial charge in [0.05, 0.1) is 23.2 Å². The highest BCUT2D eigenvalue weighted by Crippen LogP contribution is 2.59. The third-order valence-corrected chi connectivity index (χ3v) is 6.75. The summed E-state index contributed by atoms with van der Waals surface area (Å²) in [6, 6.07) is 10.0. The van der Waals surface area contributed by atoms with E-state index >= 15 is 0 Å². The molecule has 4 N–H and O–H groups in total. The molecule has 1 aliphatic rings. The molecule has 0 spiro atoms. The molecule has 9 heteroatoms. The first-order valence-corrected chi connectivity index (χ1v) is 10.9. The molecule has 0 fully saturated rings. The Morgan fingerprint density at radius 3 is 2.61 bits per heavy atom. The van der Waals surface area contributed by atoms with E-state index in [-0.39, 0.29) is 29.6 Å². The zero-order valence-electron chi connectivity index (χ0n) is 18.4. The topological polar surface area (TPSA) is 104 Å². The van der Waals surface area contributed by atoms with Crippen molar-refractivity contribution in [1.82, 2.24) is 0 Å². The van der Waals surface area contributed by atoms with Crippen LogP contribution in [-0.2, 0) is 25.2 Å². The molecule has 0 unspecified atom stereocenters. The number of methoxy groups -OCH3 is 2. The first-order chi connectivity index (χ1) is 15.8. The van der Waals surface area contributed by atoms with Crippen LogP contribution in [0.1, 0.15) is 24.0 Å². The van der Waals surface area contributed by atoms with Gasteiger partial charge in [0.1, 0.15) is 17.9 Å². The molecule has 1 heterocycles. The first-order valence-electron chi connectivity index (χ1n) is 10.1. The molecule has 0 aliphatic carbocycles. The van der Waals surface area contributed by atoms with E-state index < -0.39 is 22.6 Å². The fourth-order valence-corrected chi connectivity index (χ4v) is 5.61. The predicted octanol–water partition coefficient (Wildman–Crippen LogP) is 3.40. The van der Waals surface area contributed by atoms with Gasteiger partial charge in [-0.05, 0) is 30.2 Å². The first kappa shape index (κ1) is 25.2. The SMILES string of the molecule is C=CC[C@](C([NH3+])=O)(c1ccccc1OC)[C@@]1(C[CH-]O)C(=O)N(COC)c2c(Cl)cc(Cl)cc21. The monoisotopic (exact) mass is 492 g/mol. The number of hydrogen-bond donors (Lipinski definition) is 2. The molecule has 2 aromatic carbocycles. The van der Waals surface area contributed by atoms with E-state index in [0.717, 1.165) is 6.61 Å². The van der Waals surface area contributed by atoms with Crippen molar-refractivity contribution >= 4 is 40.7 Å². The second kappa shape index (κ2) is 9.83. The van der Waals surface area contributed by atoms with Gasteiger partial charge in [-0.1, -0.05) is 47.5 Å². The maximum Gasteiger partial charge on any atom is 0.321 e. The molecule has 2 atom stereocenters. The summed E-state index contributed by atoms with van der Waals surface area (Å²) >= 11 is 12.9. The van der Waals surface area contributed by atoms with Crippen molar-refractivity contribution in [1.29, 1.82) is 0 Å². The normalized spacial score (nSPS) is 19.2. The van der Waals surface area contributed by atoms with Gasteiger partial charge in [0.15, 0.2) is 0 Å². The Hall–Kier alpha value is -2.42. The van der Waals surface area contributed by atoms with Crippen LogP contribution < -0.4 is 15.4 Å². The maximum atomic E-state index is 14.3. The van der Waals surface area contributed by atoms with Gasteiger partial charge in [-0.2, -0.15) is 0 Å². The fraction of sp³-hybridized carbons (Fsp3) is 0.292. The van der Waals surface area contributed by atoms with Crippen molar-refractivity contribution in [2.75, 3.05) is 25.9 Å². The van der Waals surface area contributed by atoms with Gasteiger partial charge < -0.3 is 14.6 Å². The predicted molar refractivity (Wildman–Crippen MR) is 126 cm³/mol. The number of anilines is 1. The highest BCUT2D eigenvalue weighted by molar-refractivity contribution is 6.38. The van der Waals surface area contributed by atoms with Crippen molar-refractivity contribution in [3.8, 4) is 5.75 Å². The molecule has 0 bridgehead atoms. The largest absolute Gasteiger partial charge is 0.566 e. The second-order valence-electron chi connectivity index (χ2n) is 7.75. The molecule has 0 saturated carbocycles. The van der Waals surface area contributed by atoms with E-state index in [1.807, 2.05) is 0 Å². The minimum atomic E-state index is -1.66. The second-order valence-corrected chi connectivity index (χ2v) is 8.59. The number of para-hydroxylation sites is 1. The molecule has 0 radical (unpaired) electrons. The van der Waals surface area contributed by atoms with Crippen molar-refractivity contribution in [2.24, 2.45) is 0 Å². The summed E-state index contributed by atoms with van der Waals surface area (Å²) in [6.07, 6.45) is 1.36. The van der Waals surface area contributed by atoms with Crippen LogP contribution >= 0.6 is 23.2 Å². The number of halogens is 2. The van der Waals surface area contributed by atoms with Gasteiger partial charge in [0.2, 0.25) is 5.91 Å². The summed E-state index contributed by atoms with van der Waals surface area (Å²) in [5.41, 5.74) is 1.68. The summed E-state index contributed by atoms with van der Waals surface area (Å²) in [4.78, 5) is 29.2. The third kappa shape index (κ3) is 3.64. The summed E-state index contributed by atoms with van der Waals surface area (Å²) in [7, 11) is 2.92. The van der Waals surface area contributed by atoms with Gasteiger partial charge in [0, 0.05) is 17.7 Å². The quantitative estimate of drug-likeness (QED) is 0.390. The Morgan fingerprint density at radius 1 is 1.33 bits per heavy atom. The number of hydrogen-bond acceptors (Lipinski definition) is 5. The Morgan fingerprint density at radius 2 is 2.03 bits per heavy atom. The lowest BCUT2D eigenvalue weighted by Crippen LogP contribution is -2.73. The van der Waals surface area contributed by atoms with Gasteiger partial charge in [-0.25, -0.2) is 11.4 Å². The average Bonchev–Trinajstić information content (AvgIpc) is 3.01. The van der Waals surface area contributed by atoms with E-state index in [9.17, 15) is 14.7 Å². The zero-order chi connectivity index (χ0) is 24.4. The maximum absolute atomic E-state index is 14.3. The number of benzene rings is 2. The van der Waals surface area contributed by atoms with E-state index in [1.54, 1.807) is 36.4 Å². The standard InChI is InChI=1S/C24H25Cl2N2O5/c1-4-9-23(21(27)30,16-7-5-6-8-19(16)33-3)24(10-11-29)17-12-15(25)13-18(26)20(17)28(14-32-2)22(24)31/h4-8,11-13,29H,1,9-10,14H2,2-3H3,(H2,27,30)/q-1/p+1/t23-,24-/m1/s1. The van der Waals surface area contributed by atoms with Crippen LogP contribution in [0.5, 0.6) is 5.75 Å². The number of allylic oxidation sites excluding steroid dienone is 1. The van der Waals surface area contributed by atoms with Crippen molar-refractivity contribution in [3.05, 3.63) is 76.8 Å². The van der Waals surface area contributed by atoms with Crippen LogP contribution in [-0.4, -0.2) is 37.9 Å². The van der Waals surface area contributed by atoms with Crippen LogP contribution in [0.4, 0.5) is 5.69 Å². The summed E-state index contributed by atoms with van der Waals surface area (Å²) in [6.45, 7) is 4.59. The zero-order valence-corrected chi connectivity index (χ0v) is 19.9. The number of rotatable bonds is 10. The molecule has 176 valence electrons. The number of nitrogens with zero attached hydrogens (tertiary/aromatic N) is 1. The highest BCUT2D eigenvalue weighted by Gasteiger charge is 2.67. The molecule has 2 aromatic rings. The number of aliphatic hydroxyl groups is 1. The van der Waals surface area contributed by atoms with Crippen LogP contribution in [0, 0.1) is 6.61 Å². The minimum Gasteiger partial charge on any atom is -0.566 e. The number of aliphatic hydroxyl groups excluding tert-OH is 1. The molecular weight excluding hydrogens is 467 g/mol. The Labute approximate surface area is 202 Å². The van der Waals surface area contributed by atoms with Gasteiger partial charge in [-0.3, -0.25) is 15.4 Å². The van der Waals surface area contributed by atoms with E-state index in [4.69, 9.17) is 32.7 Å². The third-order valence-electron chi connectivity index (χ3n) is 6.25. The number of carbonyl (C=O) groups is 2. The number of quaternary nitrogens is 1. The molecule has 33 heavy (non-hydrogen) atoms. The lowest BCUT2D eigenvalue weighted by molar-refractivity contribution is -0.316. The Balaban J connectivity index is 2.56. The van der Waals surface area contributed by atoms with Crippen LogP contribution in [0.15, 0.2) is 49.1 Å². The molecule has 1 aliphatic heterocycles. The summed E-state index contributed by atoms with van der Waals surface area (Å²) in [5, 5.41) is 10.6. The average molecular weight is 493 g/mol. The van der Waals surface area contributed by atoms with Crippen LogP contribution in [0.3, 0.4) is 0 Å². The number of carbonyl (C=O) groups excluding carboxylic acids is 2. The van der Waals surface area contributed by atoms with Gasteiger partial charge in [0.25, 0.3) is 0 Å². The highest BCUT2D eigenvalue weighted by atomic mass is 35.5. The Kier molecular flexibility index (Phi) is 7.51. The molecule has 0 aromatic heterocycles. The molecular formula is C24H26Cl2N2O5. The van der Waals surface area contributed by atoms with Crippen molar-refractivity contribution in [3.63, 3.8) is 0 Å². The smallest absolute Gasteiger partial charge is 0.321 e. The van der Waals surface area contributed by atoms with Gasteiger partial charge >= 0.3 is 5.91 Å². The fourth-order valence-electron chi connectivity index (χ4n) is 5.02. The van der Waals surface area contributed by atoms with Crippen LogP contribution in [0.2, 0.25) is 10.0 Å². The van der Waals surface area contributed by atoms with Crippen molar-refractivity contribution < 1.29 is 29.9 Å². The van der Waals surface area contributed by atoms with E-state index in [0.29, 0.717) is 22.6 Å². The summed E-state index contributed by atoms with van der Waals surface area (Å²) in [5.74, 6) is -0.650. The van der Waals surface area contributed by atoms with Crippen molar-refractivity contribution in [2.45, 2.75) is 23.7 Å². The summed E-state index contributed by atoms with van der Waals surface area (Å²) < 4.78 is 10.9. The Bertz CT molecular complexity index is 1090.